The highest BCUT2D eigenvalue weighted by atomic mass is 15.1. The summed E-state index contributed by atoms with van der Waals surface area (Å²) in [7, 11) is 2.25. The van der Waals surface area contributed by atoms with Gasteiger partial charge in [-0.3, -0.25) is 0 Å². The van der Waals surface area contributed by atoms with Gasteiger partial charge in [-0.15, -0.1) is 0 Å². The molecule has 0 rings (SSSR count). The lowest BCUT2D eigenvalue weighted by Crippen LogP contribution is -2.47. The first-order valence-electron chi connectivity index (χ1n) is 7.03. The molecule has 0 saturated heterocycles. The zero-order valence-electron chi connectivity index (χ0n) is 13.4. The van der Waals surface area contributed by atoms with Gasteiger partial charge in [0.25, 0.3) is 0 Å². The smallest absolute Gasteiger partial charge is 0.00967 e. The molecule has 104 valence electrons. The maximum Gasteiger partial charge on any atom is 0.00967 e. The highest BCUT2D eigenvalue weighted by molar-refractivity contribution is 4.81. The second-order valence-electron chi connectivity index (χ2n) is 7.32. The van der Waals surface area contributed by atoms with Gasteiger partial charge in [-0.2, -0.15) is 0 Å². The van der Waals surface area contributed by atoms with Gasteiger partial charge < -0.3 is 10.2 Å². The van der Waals surface area contributed by atoms with E-state index in [1.165, 1.54) is 12.8 Å². The fourth-order valence-electron chi connectivity index (χ4n) is 2.03. The van der Waals surface area contributed by atoms with E-state index in [2.05, 4.69) is 65.7 Å². The minimum absolute atomic E-state index is 0.213. The molecule has 0 bridgehead atoms. The maximum atomic E-state index is 3.61. The van der Waals surface area contributed by atoms with Crippen molar-refractivity contribution in [2.24, 2.45) is 5.41 Å². The van der Waals surface area contributed by atoms with E-state index in [-0.39, 0.29) is 5.54 Å². The molecule has 17 heavy (non-hydrogen) atoms. The fraction of sp³-hybridized carbons (Fsp3) is 1.00. The summed E-state index contributed by atoms with van der Waals surface area (Å²) in [6.07, 6.45) is 2.56. The average molecular weight is 242 g/mol. The number of hydrogen-bond donors (Lipinski definition) is 1. The summed E-state index contributed by atoms with van der Waals surface area (Å²) in [6.45, 7) is 18.2. The summed E-state index contributed by atoms with van der Waals surface area (Å²) >= 11 is 0. The third kappa shape index (κ3) is 8.62. The monoisotopic (exact) mass is 242 g/mol. The van der Waals surface area contributed by atoms with Crippen molar-refractivity contribution in [3.63, 3.8) is 0 Å². The third-order valence-electron chi connectivity index (χ3n) is 3.23. The number of hydrogen-bond acceptors (Lipinski definition) is 2. The van der Waals surface area contributed by atoms with Crippen LogP contribution in [-0.4, -0.2) is 36.6 Å². The van der Waals surface area contributed by atoms with Crippen molar-refractivity contribution in [1.82, 2.24) is 10.2 Å². The van der Waals surface area contributed by atoms with Crippen LogP contribution in [0, 0.1) is 5.41 Å². The minimum Gasteiger partial charge on any atom is -0.311 e. The largest absolute Gasteiger partial charge is 0.311 e. The van der Waals surface area contributed by atoms with E-state index in [0.29, 0.717) is 11.5 Å². The maximum absolute atomic E-state index is 3.61. The van der Waals surface area contributed by atoms with Crippen molar-refractivity contribution in [3.8, 4) is 0 Å². The normalized spacial score (nSPS) is 15.4. The van der Waals surface area contributed by atoms with Crippen LogP contribution in [0.15, 0.2) is 0 Å². The lowest BCUT2D eigenvalue weighted by Gasteiger charge is -2.36. The SMILES string of the molecule is CCCC(C)N(C)CC(C)(C)CNC(C)(C)C. The van der Waals surface area contributed by atoms with E-state index in [9.17, 15) is 0 Å². The standard InChI is InChI=1S/C15H34N2/c1-9-10-13(2)17(8)12-15(6,7)11-16-14(3,4)5/h13,16H,9-12H2,1-8H3. The molecule has 0 aliphatic heterocycles. The van der Waals surface area contributed by atoms with E-state index >= 15 is 0 Å². The second kappa shape index (κ2) is 6.75. The van der Waals surface area contributed by atoms with Crippen molar-refractivity contribution in [2.45, 2.75) is 72.9 Å². The van der Waals surface area contributed by atoms with Crippen molar-refractivity contribution < 1.29 is 0 Å². The van der Waals surface area contributed by atoms with E-state index in [1.54, 1.807) is 0 Å². The molecule has 0 saturated carbocycles. The van der Waals surface area contributed by atoms with E-state index in [1.807, 2.05) is 0 Å². The molecule has 0 radical (unpaired) electrons. The molecule has 1 atom stereocenters. The molecule has 0 aromatic heterocycles. The molecular weight excluding hydrogens is 208 g/mol. The van der Waals surface area contributed by atoms with Gasteiger partial charge in [0.05, 0.1) is 0 Å². The van der Waals surface area contributed by atoms with Gasteiger partial charge in [0, 0.05) is 24.7 Å². The molecule has 0 amide bonds. The molecule has 0 aromatic rings. The van der Waals surface area contributed by atoms with Crippen molar-refractivity contribution in [1.29, 1.82) is 0 Å². The van der Waals surface area contributed by atoms with Crippen molar-refractivity contribution in [3.05, 3.63) is 0 Å². The fourth-order valence-corrected chi connectivity index (χ4v) is 2.03. The molecule has 0 spiro atoms. The summed E-state index contributed by atoms with van der Waals surface area (Å²) in [6, 6.07) is 0.689. The molecule has 0 aliphatic rings. The van der Waals surface area contributed by atoms with Crippen molar-refractivity contribution in [2.75, 3.05) is 20.1 Å². The summed E-state index contributed by atoms with van der Waals surface area (Å²) in [4.78, 5) is 2.49. The van der Waals surface area contributed by atoms with Gasteiger partial charge in [0.15, 0.2) is 0 Å². The first kappa shape index (κ1) is 16.9. The Hall–Kier alpha value is -0.0800. The highest BCUT2D eigenvalue weighted by Crippen LogP contribution is 2.19. The molecule has 1 unspecified atom stereocenters. The van der Waals surface area contributed by atoms with Crippen LogP contribution >= 0.6 is 0 Å². The summed E-state index contributed by atoms with van der Waals surface area (Å²) in [5.41, 5.74) is 0.537. The Balaban J connectivity index is 4.15. The Morgan fingerprint density at radius 2 is 1.65 bits per heavy atom. The number of nitrogens with one attached hydrogen (secondary N) is 1. The van der Waals surface area contributed by atoms with Gasteiger partial charge in [0.1, 0.15) is 0 Å². The van der Waals surface area contributed by atoms with Gasteiger partial charge >= 0.3 is 0 Å². The van der Waals surface area contributed by atoms with Crippen LogP contribution in [0.2, 0.25) is 0 Å². The predicted octanol–water partition coefficient (Wildman–Crippen LogP) is 3.52. The van der Waals surface area contributed by atoms with E-state index in [4.69, 9.17) is 0 Å². The Labute approximate surface area is 109 Å². The van der Waals surface area contributed by atoms with Crippen LogP contribution in [0.4, 0.5) is 0 Å². The lowest BCUT2D eigenvalue weighted by atomic mass is 9.90. The molecule has 1 N–H and O–H groups in total. The summed E-state index contributed by atoms with van der Waals surface area (Å²) in [5.74, 6) is 0. The Kier molecular flexibility index (Phi) is 6.71. The Bertz CT molecular complexity index is 203. The summed E-state index contributed by atoms with van der Waals surface area (Å²) in [5, 5.41) is 3.61. The quantitative estimate of drug-likeness (QED) is 0.735. The molecule has 0 fully saturated rings. The van der Waals surface area contributed by atoms with E-state index < -0.39 is 0 Å². The second-order valence-corrected chi connectivity index (χ2v) is 7.32. The Morgan fingerprint density at radius 3 is 2.06 bits per heavy atom. The molecule has 2 nitrogen and oxygen atoms in total. The zero-order chi connectivity index (χ0) is 13.7. The molecule has 0 aromatic carbocycles. The molecule has 2 heteroatoms. The number of nitrogens with zero attached hydrogens (tertiary/aromatic N) is 1. The minimum atomic E-state index is 0.213. The molecule has 0 aliphatic carbocycles. The van der Waals surface area contributed by atoms with Gasteiger partial charge in [-0.25, -0.2) is 0 Å². The Morgan fingerprint density at radius 1 is 1.12 bits per heavy atom. The van der Waals surface area contributed by atoms with Crippen LogP contribution in [0.3, 0.4) is 0 Å². The number of rotatable bonds is 7. The predicted molar refractivity (Wildman–Crippen MR) is 78.5 cm³/mol. The summed E-state index contributed by atoms with van der Waals surface area (Å²) < 4.78 is 0. The van der Waals surface area contributed by atoms with Crippen LogP contribution < -0.4 is 5.32 Å². The van der Waals surface area contributed by atoms with Crippen LogP contribution in [0.25, 0.3) is 0 Å². The van der Waals surface area contributed by atoms with Crippen LogP contribution in [-0.2, 0) is 0 Å². The van der Waals surface area contributed by atoms with Crippen LogP contribution in [0.1, 0.15) is 61.3 Å². The molecule has 0 heterocycles. The van der Waals surface area contributed by atoms with Crippen LogP contribution in [0.5, 0.6) is 0 Å². The third-order valence-corrected chi connectivity index (χ3v) is 3.23. The highest BCUT2D eigenvalue weighted by Gasteiger charge is 2.24. The topological polar surface area (TPSA) is 15.3 Å². The van der Waals surface area contributed by atoms with Gasteiger partial charge in [-0.05, 0) is 46.6 Å². The van der Waals surface area contributed by atoms with Gasteiger partial charge in [0.2, 0.25) is 0 Å². The molecular formula is C15H34N2. The van der Waals surface area contributed by atoms with E-state index in [0.717, 1.165) is 13.1 Å². The lowest BCUT2D eigenvalue weighted by molar-refractivity contribution is 0.152. The van der Waals surface area contributed by atoms with Gasteiger partial charge in [-0.1, -0.05) is 27.2 Å². The van der Waals surface area contributed by atoms with Crippen molar-refractivity contribution >= 4 is 0 Å². The first-order valence-corrected chi connectivity index (χ1v) is 7.03. The average Bonchev–Trinajstić information content (AvgIpc) is 2.14. The zero-order valence-corrected chi connectivity index (χ0v) is 13.4. The first-order chi connectivity index (χ1) is 7.57.